The van der Waals surface area contributed by atoms with Crippen molar-refractivity contribution in [1.29, 1.82) is 0 Å². The molecular formula is C16H28N2S. The largest absolute Gasteiger partial charge is 0.313 e. The SMILES string of the molecule is CCCNC(Cc1csc(C)n1)C1CCC(C)CC1. The molecule has 108 valence electrons. The Morgan fingerprint density at radius 2 is 2.11 bits per heavy atom. The van der Waals surface area contributed by atoms with Gasteiger partial charge in [0.2, 0.25) is 0 Å². The molecule has 1 aliphatic carbocycles. The van der Waals surface area contributed by atoms with Crippen LogP contribution in [0.5, 0.6) is 0 Å². The van der Waals surface area contributed by atoms with Crippen molar-refractivity contribution >= 4 is 11.3 Å². The summed E-state index contributed by atoms with van der Waals surface area (Å²) >= 11 is 1.78. The van der Waals surface area contributed by atoms with Crippen LogP contribution in [0, 0.1) is 18.8 Å². The summed E-state index contributed by atoms with van der Waals surface area (Å²) in [5.41, 5.74) is 1.29. The van der Waals surface area contributed by atoms with E-state index >= 15 is 0 Å². The number of aryl methyl sites for hydroxylation is 1. The Labute approximate surface area is 122 Å². The van der Waals surface area contributed by atoms with Gasteiger partial charge in [0.05, 0.1) is 10.7 Å². The van der Waals surface area contributed by atoms with Crippen molar-refractivity contribution in [2.24, 2.45) is 11.8 Å². The van der Waals surface area contributed by atoms with Crippen molar-refractivity contribution in [3.05, 3.63) is 16.1 Å². The smallest absolute Gasteiger partial charge is 0.0897 e. The molecule has 1 saturated carbocycles. The summed E-state index contributed by atoms with van der Waals surface area (Å²) in [4.78, 5) is 4.65. The van der Waals surface area contributed by atoms with Gasteiger partial charge in [-0.05, 0) is 44.6 Å². The van der Waals surface area contributed by atoms with E-state index in [-0.39, 0.29) is 0 Å². The molecule has 0 bridgehead atoms. The second-order valence-corrected chi connectivity index (χ2v) is 7.20. The van der Waals surface area contributed by atoms with Crippen LogP contribution in [-0.4, -0.2) is 17.6 Å². The second kappa shape index (κ2) is 7.39. The minimum atomic E-state index is 0.633. The van der Waals surface area contributed by atoms with Gasteiger partial charge in [-0.3, -0.25) is 0 Å². The third-order valence-electron chi connectivity index (χ3n) is 4.38. The molecule has 1 aromatic rings. The van der Waals surface area contributed by atoms with Crippen LogP contribution in [0.15, 0.2) is 5.38 Å². The fourth-order valence-electron chi connectivity index (χ4n) is 3.15. The first-order valence-corrected chi connectivity index (χ1v) is 8.71. The highest BCUT2D eigenvalue weighted by Crippen LogP contribution is 2.31. The van der Waals surface area contributed by atoms with E-state index in [0.29, 0.717) is 6.04 Å². The van der Waals surface area contributed by atoms with Crippen molar-refractivity contribution < 1.29 is 0 Å². The summed E-state index contributed by atoms with van der Waals surface area (Å²) in [7, 11) is 0. The summed E-state index contributed by atoms with van der Waals surface area (Å²) in [6.45, 7) is 7.89. The molecule has 3 heteroatoms. The topological polar surface area (TPSA) is 24.9 Å². The molecule has 0 amide bonds. The minimum absolute atomic E-state index is 0.633. The van der Waals surface area contributed by atoms with Gasteiger partial charge in [0.25, 0.3) is 0 Å². The zero-order valence-corrected chi connectivity index (χ0v) is 13.4. The fraction of sp³-hybridized carbons (Fsp3) is 0.812. The van der Waals surface area contributed by atoms with Gasteiger partial charge in [-0.1, -0.05) is 26.7 Å². The number of nitrogens with zero attached hydrogens (tertiary/aromatic N) is 1. The average molecular weight is 280 g/mol. The summed E-state index contributed by atoms with van der Waals surface area (Å²) in [5, 5.41) is 7.21. The average Bonchev–Trinajstić information content (AvgIpc) is 2.81. The van der Waals surface area contributed by atoms with E-state index in [4.69, 9.17) is 0 Å². The van der Waals surface area contributed by atoms with Crippen molar-refractivity contribution in [2.45, 2.75) is 65.3 Å². The number of hydrogen-bond acceptors (Lipinski definition) is 3. The van der Waals surface area contributed by atoms with E-state index in [2.05, 4.69) is 36.5 Å². The number of rotatable bonds is 6. The van der Waals surface area contributed by atoms with Gasteiger partial charge in [0, 0.05) is 17.8 Å². The Hall–Kier alpha value is -0.410. The Bertz CT molecular complexity index is 367. The Morgan fingerprint density at radius 1 is 1.37 bits per heavy atom. The van der Waals surface area contributed by atoms with E-state index < -0.39 is 0 Å². The summed E-state index contributed by atoms with van der Waals surface area (Å²) < 4.78 is 0. The number of thiazole rings is 1. The van der Waals surface area contributed by atoms with Gasteiger partial charge < -0.3 is 5.32 Å². The first-order chi connectivity index (χ1) is 9.19. The molecule has 1 aromatic heterocycles. The molecule has 0 aliphatic heterocycles. The van der Waals surface area contributed by atoms with E-state index in [1.165, 1.54) is 42.8 Å². The van der Waals surface area contributed by atoms with Crippen LogP contribution in [0.25, 0.3) is 0 Å². The Kier molecular flexibility index (Phi) is 5.83. The molecular weight excluding hydrogens is 252 g/mol. The molecule has 0 aromatic carbocycles. The molecule has 1 fully saturated rings. The van der Waals surface area contributed by atoms with Crippen molar-refractivity contribution in [3.8, 4) is 0 Å². The molecule has 1 aliphatic rings. The summed E-state index contributed by atoms with van der Waals surface area (Å²) in [6.07, 6.45) is 7.94. The van der Waals surface area contributed by atoms with Crippen LogP contribution in [0.3, 0.4) is 0 Å². The van der Waals surface area contributed by atoms with Crippen LogP contribution in [0.4, 0.5) is 0 Å². The lowest BCUT2D eigenvalue weighted by molar-refractivity contribution is 0.228. The Morgan fingerprint density at radius 3 is 2.68 bits per heavy atom. The van der Waals surface area contributed by atoms with Crippen molar-refractivity contribution in [2.75, 3.05) is 6.54 Å². The van der Waals surface area contributed by atoms with Crippen LogP contribution in [-0.2, 0) is 6.42 Å². The zero-order chi connectivity index (χ0) is 13.7. The molecule has 0 spiro atoms. The lowest BCUT2D eigenvalue weighted by atomic mass is 9.78. The predicted octanol–water partition coefficient (Wildman–Crippen LogP) is 4.19. The molecule has 1 N–H and O–H groups in total. The quantitative estimate of drug-likeness (QED) is 0.845. The van der Waals surface area contributed by atoms with E-state index in [1.807, 2.05) is 0 Å². The summed E-state index contributed by atoms with van der Waals surface area (Å²) in [6, 6.07) is 0.633. The zero-order valence-electron chi connectivity index (χ0n) is 12.6. The highest BCUT2D eigenvalue weighted by Gasteiger charge is 2.26. The number of hydrogen-bond donors (Lipinski definition) is 1. The Balaban J connectivity index is 1.94. The molecule has 0 radical (unpaired) electrons. The molecule has 1 atom stereocenters. The monoisotopic (exact) mass is 280 g/mol. The third kappa shape index (κ3) is 4.57. The molecule has 1 heterocycles. The van der Waals surface area contributed by atoms with Gasteiger partial charge in [0.15, 0.2) is 0 Å². The minimum Gasteiger partial charge on any atom is -0.313 e. The maximum Gasteiger partial charge on any atom is 0.0897 e. The van der Waals surface area contributed by atoms with E-state index in [9.17, 15) is 0 Å². The highest BCUT2D eigenvalue weighted by molar-refractivity contribution is 7.09. The van der Waals surface area contributed by atoms with Gasteiger partial charge in [-0.15, -0.1) is 11.3 Å². The number of nitrogens with one attached hydrogen (secondary N) is 1. The van der Waals surface area contributed by atoms with Gasteiger partial charge in [-0.25, -0.2) is 4.98 Å². The summed E-state index contributed by atoms with van der Waals surface area (Å²) in [5.74, 6) is 1.79. The first-order valence-electron chi connectivity index (χ1n) is 7.83. The number of aromatic nitrogens is 1. The normalized spacial score (nSPS) is 25.4. The molecule has 19 heavy (non-hydrogen) atoms. The molecule has 0 saturated heterocycles. The van der Waals surface area contributed by atoms with Crippen LogP contribution in [0.2, 0.25) is 0 Å². The lowest BCUT2D eigenvalue weighted by Crippen LogP contribution is -2.40. The highest BCUT2D eigenvalue weighted by atomic mass is 32.1. The van der Waals surface area contributed by atoms with Crippen LogP contribution in [0.1, 0.15) is 56.7 Å². The lowest BCUT2D eigenvalue weighted by Gasteiger charge is -2.33. The van der Waals surface area contributed by atoms with Crippen LogP contribution < -0.4 is 5.32 Å². The van der Waals surface area contributed by atoms with Crippen LogP contribution >= 0.6 is 11.3 Å². The predicted molar refractivity (Wildman–Crippen MR) is 83.8 cm³/mol. The van der Waals surface area contributed by atoms with E-state index in [1.54, 1.807) is 11.3 Å². The van der Waals surface area contributed by atoms with Gasteiger partial charge >= 0.3 is 0 Å². The second-order valence-electron chi connectivity index (χ2n) is 6.14. The molecule has 2 rings (SSSR count). The van der Waals surface area contributed by atoms with Crippen molar-refractivity contribution in [3.63, 3.8) is 0 Å². The van der Waals surface area contributed by atoms with Gasteiger partial charge in [-0.2, -0.15) is 0 Å². The van der Waals surface area contributed by atoms with Gasteiger partial charge in [0.1, 0.15) is 0 Å². The fourth-order valence-corrected chi connectivity index (χ4v) is 3.78. The third-order valence-corrected chi connectivity index (χ3v) is 5.20. The van der Waals surface area contributed by atoms with Crippen molar-refractivity contribution in [1.82, 2.24) is 10.3 Å². The maximum absolute atomic E-state index is 4.65. The molecule has 2 nitrogen and oxygen atoms in total. The van der Waals surface area contributed by atoms with E-state index in [0.717, 1.165) is 24.8 Å². The molecule has 1 unspecified atom stereocenters. The first kappa shape index (κ1) is 15.0. The maximum atomic E-state index is 4.65. The standard InChI is InChI=1S/C16H28N2S/c1-4-9-17-16(10-15-11-19-13(3)18-15)14-7-5-12(2)6-8-14/h11-12,14,16-17H,4-10H2,1-3H3.